The third-order valence-corrected chi connectivity index (χ3v) is 19.7. The molecule has 0 fully saturated rings. The van der Waals surface area contributed by atoms with Gasteiger partial charge in [-0.25, -0.2) is 0 Å². The molecule has 17 rings (SSSR count). The molecule has 13 aromatic carbocycles. The minimum absolute atomic E-state index is 0.0707. The number of hydrogen-bond donors (Lipinski definition) is 0. The van der Waals surface area contributed by atoms with Crippen LogP contribution in [0.3, 0.4) is 0 Å². The van der Waals surface area contributed by atoms with Crippen molar-refractivity contribution < 1.29 is 13.7 Å². The Morgan fingerprint density at radius 3 is 1.23 bits per heavy atom. The molecule has 95 heavy (non-hydrogen) atoms. The molecule has 2 aromatic heterocycles. The minimum atomic E-state index is -0.561. The van der Waals surface area contributed by atoms with Gasteiger partial charge in [0.05, 0.1) is 47.1 Å². The highest BCUT2D eigenvalue weighted by Gasteiger charge is 2.45. The molecular formula is C90H75BN4. The van der Waals surface area contributed by atoms with Crippen LogP contribution in [0.5, 0.6) is 0 Å². The average molecular weight is 1230 g/mol. The van der Waals surface area contributed by atoms with Crippen LogP contribution >= 0.6 is 0 Å². The summed E-state index contributed by atoms with van der Waals surface area (Å²) in [5, 5.41) is 4.36. The minimum Gasteiger partial charge on any atom is -0.311 e. The van der Waals surface area contributed by atoms with E-state index in [-0.39, 0.29) is 46.1 Å². The first-order valence-electron chi connectivity index (χ1n) is 37.9. The fourth-order valence-electron chi connectivity index (χ4n) is 14.9. The smallest absolute Gasteiger partial charge is 0.252 e. The third-order valence-electron chi connectivity index (χ3n) is 19.7. The lowest BCUT2D eigenvalue weighted by atomic mass is 9.33. The van der Waals surface area contributed by atoms with E-state index in [0.717, 1.165) is 117 Å². The van der Waals surface area contributed by atoms with Crippen LogP contribution < -0.4 is 26.2 Å². The molecule has 15 aromatic rings. The predicted octanol–water partition coefficient (Wildman–Crippen LogP) is 22.5. The van der Waals surface area contributed by atoms with Crippen molar-refractivity contribution in [2.75, 3.05) is 9.80 Å². The number of nitrogens with zero attached hydrogens (tertiary/aromatic N) is 4. The molecule has 0 N–H and O–H groups in total. The summed E-state index contributed by atoms with van der Waals surface area (Å²) in [5.74, 6) is 0. The van der Waals surface area contributed by atoms with Crippen molar-refractivity contribution in [1.82, 2.24) is 9.13 Å². The largest absolute Gasteiger partial charge is 0.311 e. The average Bonchev–Trinajstić information content (AvgIpc) is 1.54. The number of para-hydroxylation sites is 3. The molecule has 5 heteroatoms. The van der Waals surface area contributed by atoms with Crippen LogP contribution in [0.4, 0.5) is 34.1 Å². The van der Waals surface area contributed by atoms with Crippen molar-refractivity contribution >= 4 is 101 Å². The van der Waals surface area contributed by atoms with E-state index >= 15 is 0 Å². The van der Waals surface area contributed by atoms with Crippen LogP contribution in [0.1, 0.15) is 92.7 Å². The lowest BCUT2D eigenvalue weighted by Crippen LogP contribution is -2.61. The van der Waals surface area contributed by atoms with Gasteiger partial charge < -0.3 is 18.9 Å². The van der Waals surface area contributed by atoms with E-state index in [0.29, 0.717) is 16.8 Å². The second-order valence-electron chi connectivity index (χ2n) is 28.6. The summed E-state index contributed by atoms with van der Waals surface area (Å²) in [4.78, 5) is 4.68. The Labute approximate surface area is 572 Å². The van der Waals surface area contributed by atoms with Crippen LogP contribution in [0.15, 0.2) is 291 Å². The second-order valence-corrected chi connectivity index (χ2v) is 28.6. The topological polar surface area (TPSA) is 16.3 Å². The van der Waals surface area contributed by atoms with Gasteiger partial charge in [-0.2, -0.15) is 0 Å². The van der Waals surface area contributed by atoms with E-state index in [1.807, 2.05) is 72.8 Å². The molecular weight excluding hydrogens is 1150 g/mol. The van der Waals surface area contributed by atoms with Crippen LogP contribution in [0.25, 0.3) is 99.5 Å². The van der Waals surface area contributed by atoms with Gasteiger partial charge in [-0.15, -0.1) is 0 Å². The molecule has 458 valence electrons. The van der Waals surface area contributed by atoms with E-state index in [1.54, 1.807) is 0 Å². The van der Waals surface area contributed by atoms with E-state index < -0.39 is 48.4 Å². The van der Waals surface area contributed by atoms with Crippen molar-refractivity contribution in [3.05, 3.63) is 308 Å². The molecule has 0 aliphatic carbocycles. The first-order chi connectivity index (χ1) is 50.2. The van der Waals surface area contributed by atoms with Gasteiger partial charge in [-0.3, -0.25) is 0 Å². The van der Waals surface area contributed by atoms with Crippen molar-refractivity contribution in [1.29, 1.82) is 0 Å². The second kappa shape index (κ2) is 21.9. The maximum Gasteiger partial charge on any atom is 0.252 e. The predicted molar refractivity (Wildman–Crippen MR) is 407 cm³/mol. The van der Waals surface area contributed by atoms with Gasteiger partial charge in [0.15, 0.2) is 0 Å². The Kier molecular flexibility index (Phi) is 11.0. The molecule has 0 radical (unpaired) electrons. The summed E-state index contributed by atoms with van der Waals surface area (Å²) in [5.41, 5.74) is 21.2. The van der Waals surface area contributed by atoms with Crippen LogP contribution in [0, 0.1) is 0 Å². The lowest BCUT2D eigenvalue weighted by Gasteiger charge is -2.45. The van der Waals surface area contributed by atoms with Gasteiger partial charge in [0.25, 0.3) is 6.71 Å². The zero-order valence-electron chi connectivity index (χ0n) is 64.8. The Morgan fingerprint density at radius 2 is 0.737 bits per heavy atom. The summed E-state index contributed by atoms with van der Waals surface area (Å²) >= 11 is 0. The summed E-state index contributed by atoms with van der Waals surface area (Å²) in [7, 11) is 0. The molecule has 2 aliphatic rings. The molecule has 0 spiro atoms. The van der Waals surface area contributed by atoms with E-state index in [9.17, 15) is 5.48 Å². The molecule has 4 heterocycles. The van der Waals surface area contributed by atoms with Crippen LogP contribution in [-0.4, -0.2) is 15.8 Å². The highest BCUT2D eigenvalue weighted by Crippen LogP contribution is 2.52. The summed E-state index contributed by atoms with van der Waals surface area (Å²) < 4.78 is 96.3. The normalized spacial score (nSPS) is 14.5. The van der Waals surface area contributed by atoms with Crippen molar-refractivity contribution in [3.63, 3.8) is 0 Å². The molecule has 4 nitrogen and oxygen atoms in total. The maximum absolute atomic E-state index is 9.55. The molecule has 2 aliphatic heterocycles. The Balaban J connectivity index is 1.03. The molecule has 0 amide bonds. The van der Waals surface area contributed by atoms with Crippen molar-refractivity contribution in [2.45, 2.75) is 78.6 Å². The van der Waals surface area contributed by atoms with Gasteiger partial charge in [0.1, 0.15) is 0 Å². The van der Waals surface area contributed by atoms with Crippen LogP contribution in [-0.2, 0) is 16.2 Å². The van der Waals surface area contributed by atoms with Crippen molar-refractivity contribution in [2.24, 2.45) is 0 Å². The lowest BCUT2D eigenvalue weighted by molar-refractivity contribution is 0.590. The number of fused-ring (bicyclic) bond motifs is 10. The number of rotatable bonds is 8. The molecule has 0 saturated carbocycles. The van der Waals surface area contributed by atoms with E-state index in [2.05, 4.69) is 239 Å². The first-order valence-corrected chi connectivity index (χ1v) is 32.9. The fraction of sp³-hybridized carbons (Fsp3) is 0.133. The highest BCUT2D eigenvalue weighted by atomic mass is 15.2. The molecule has 0 atom stereocenters. The van der Waals surface area contributed by atoms with Gasteiger partial charge in [0.2, 0.25) is 0 Å². The highest BCUT2D eigenvalue weighted by molar-refractivity contribution is 7.00. The maximum atomic E-state index is 9.55. The summed E-state index contributed by atoms with van der Waals surface area (Å²) in [6.07, 6.45) is 0. The Hall–Kier alpha value is -10.9. The number of benzene rings is 13. The SMILES string of the molecule is [2H]c1c([2H])c([2H])c(-c2ccc3c(c2)N(c2cc(-c4ccccc4)cc(-c4ccccc4)c2)c2cc(C(C)(C)C)cc4c2B3c2ccc(-c3c([2H])c([2H])c([2H])c([2H])c3[2H])cc2N4c2cccc3c4cccc(-n5c6ccc(C(C)(C)C)cc6c6cc(C(C)(C)C)ccc65)c4n(-c4ccccc4)c23)c([2H])c1[2H]. The fourth-order valence-corrected chi connectivity index (χ4v) is 14.9. The standard InChI is InChI=1S/C90H75BN4/c1-88(2,3)66-43-47-77-73(54-66)74-55-67(89(4,5)6)44-48-78(74)94(77)79-39-25-37-71-72-38-26-40-80(87(72)93(86(71)79)69-35-23-14-24-36-69)95-82-53-63(59-29-17-11-18-30-59)42-46-76(82)91-75-45-41-62(58-27-15-10-16-28-58)52-81(75)92(83-56-68(90(7,8)9)57-84(95)85(83)91)70-50-64(60-31-19-12-20-32-60)49-65(51-70)61-33-21-13-22-34-61/h10-57H,1-9H3/i10D,11D,15D,16D,17D,18D,27D,28D,29D,30D. The Bertz CT molecular complexity index is 6000. The first kappa shape index (κ1) is 47.9. The molecule has 0 saturated heterocycles. The monoisotopic (exact) mass is 1230 g/mol. The third kappa shape index (κ3) is 9.57. The van der Waals surface area contributed by atoms with Crippen molar-refractivity contribution in [3.8, 4) is 55.9 Å². The zero-order chi connectivity index (χ0) is 73.4. The van der Waals surface area contributed by atoms with Gasteiger partial charge in [-0.1, -0.05) is 262 Å². The summed E-state index contributed by atoms with van der Waals surface area (Å²) in [6.45, 7) is 19.7. The van der Waals surface area contributed by atoms with Gasteiger partial charge in [0, 0.05) is 55.7 Å². The zero-order valence-corrected chi connectivity index (χ0v) is 54.8. The number of anilines is 6. The van der Waals surface area contributed by atoms with Gasteiger partial charge >= 0.3 is 0 Å². The Morgan fingerprint density at radius 1 is 0.284 bits per heavy atom. The van der Waals surface area contributed by atoms with E-state index in [1.165, 1.54) is 21.9 Å². The van der Waals surface area contributed by atoms with Gasteiger partial charge in [-0.05, 0) is 185 Å². The number of aromatic nitrogens is 2. The summed E-state index contributed by atoms with van der Waals surface area (Å²) in [6, 6.07) is 77.6. The molecule has 0 bridgehead atoms. The van der Waals surface area contributed by atoms with E-state index in [4.69, 9.17) is 8.22 Å². The number of hydrogen-bond acceptors (Lipinski definition) is 2. The van der Waals surface area contributed by atoms with Crippen LogP contribution in [0.2, 0.25) is 0 Å². The quantitative estimate of drug-likeness (QED) is 0.141. The molecule has 0 unspecified atom stereocenters.